The average molecular weight is 529 g/mol. The smallest absolute Gasteiger partial charge is 0.340 e. The highest BCUT2D eigenvalue weighted by atomic mass is 35.5. The first-order valence-electron chi connectivity index (χ1n) is 10.6. The lowest BCUT2D eigenvalue weighted by Gasteiger charge is -2.19. The lowest BCUT2D eigenvalue weighted by molar-refractivity contribution is 0.0106. The van der Waals surface area contributed by atoms with Crippen molar-refractivity contribution in [3.63, 3.8) is 0 Å². The Morgan fingerprint density at radius 3 is 2.53 bits per heavy atom. The van der Waals surface area contributed by atoms with Gasteiger partial charge in [-0.15, -0.1) is 0 Å². The molecule has 2 aliphatic heterocycles. The number of halogens is 1. The summed E-state index contributed by atoms with van der Waals surface area (Å²) >= 11 is 6.36. The molecule has 2 aromatic heterocycles. The summed E-state index contributed by atoms with van der Waals surface area (Å²) in [6.45, 7) is 1.24. The van der Waals surface area contributed by atoms with E-state index in [4.69, 9.17) is 30.6 Å². The Kier molecular flexibility index (Phi) is 6.33. The molecular formula is C20H23ClN4O7P2. The average Bonchev–Trinajstić information content (AvgIpc) is 3.47. The third-order valence-electron chi connectivity index (χ3n) is 5.88. The summed E-state index contributed by atoms with van der Waals surface area (Å²) in [6, 6.07) is 10.1. The first kappa shape index (κ1) is 23.9. The minimum absolute atomic E-state index is 0.265. The molecule has 5 rings (SSSR count). The van der Waals surface area contributed by atoms with Gasteiger partial charge in [0.1, 0.15) is 11.6 Å². The van der Waals surface area contributed by atoms with E-state index in [-0.39, 0.29) is 6.61 Å². The number of anilines is 1. The molecule has 0 saturated carbocycles. The van der Waals surface area contributed by atoms with Crippen LogP contribution in [0.25, 0.3) is 5.52 Å². The quantitative estimate of drug-likeness (QED) is 0.389. The van der Waals surface area contributed by atoms with Gasteiger partial charge in [0.15, 0.2) is 16.9 Å². The van der Waals surface area contributed by atoms with Gasteiger partial charge >= 0.3 is 15.2 Å². The summed E-state index contributed by atoms with van der Waals surface area (Å²) < 4.78 is 35.4. The van der Waals surface area contributed by atoms with Gasteiger partial charge in [0.25, 0.3) is 0 Å². The van der Waals surface area contributed by atoms with Gasteiger partial charge < -0.3 is 28.8 Å². The molecule has 1 saturated heterocycles. The van der Waals surface area contributed by atoms with Crippen molar-refractivity contribution in [3.05, 3.63) is 58.6 Å². The van der Waals surface area contributed by atoms with Gasteiger partial charge in [-0.25, -0.2) is 9.50 Å². The maximum Gasteiger partial charge on any atom is 0.340 e. The van der Waals surface area contributed by atoms with E-state index in [0.717, 1.165) is 24.3 Å². The van der Waals surface area contributed by atoms with Crippen LogP contribution in [0.4, 0.5) is 5.69 Å². The van der Waals surface area contributed by atoms with Crippen LogP contribution in [0, 0.1) is 0 Å². The van der Waals surface area contributed by atoms with Gasteiger partial charge in [0.2, 0.25) is 0 Å². The Morgan fingerprint density at radius 2 is 1.85 bits per heavy atom. The molecule has 14 heteroatoms. The molecule has 2 aliphatic rings. The molecule has 3 N–H and O–H groups in total. The van der Waals surface area contributed by atoms with Gasteiger partial charge in [-0.05, 0) is 24.0 Å². The Bertz CT molecular complexity index is 1300. The zero-order valence-corrected chi connectivity index (χ0v) is 20.4. The SMILES string of the molecule is O=P(O)(O)CP(=O)(O)OC[C@@H]1CC[C@H](c2ncc3c(N4Cc5ccccc5C4)cc(Cl)nn23)O1. The molecule has 1 aromatic carbocycles. The van der Waals surface area contributed by atoms with Gasteiger partial charge in [0, 0.05) is 19.2 Å². The van der Waals surface area contributed by atoms with Crippen molar-refractivity contribution < 1.29 is 33.1 Å². The number of benzene rings is 1. The molecule has 0 amide bonds. The van der Waals surface area contributed by atoms with Crippen molar-refractivity contribution in [1.29, 1.82) is 0 Å². The van der Waals surface area contributed by atoms with Crippen LogP contribution in [-0.2, 0) is 31.5 Å². The molecule has 1 fully saturated rings. The summed E-state index contributed by atoms with van der Waals surface area (Å²) in [5.74, 6) is -0.674. The van der Waals surface area contributed by atoms with E-state index in [9.17, 15) is 14.0 Å². The largest absolute Gasteiger partial charge is 0.365 e. The zero-order chi connectivity index (χ0) is 24.1. The maximum absolute atomic E-state index is 11.9. The summed E-state index contributed by atoms with van der Waals surface area (Å²) in [6.07, 6.45) is 1.85. The van der Waals surface area contributed by atoms with Crippen molar-refractivity contribution in [3.8, 4) is 0 Å². The first-order valence-corrected chi connectivity index (χ1v) is 14.5. The fraction of sp³-hybridized carbons (Fsp3) is 0.400. The number of imidazole rings is 1. The van der Waals surface area contributed by atoms with Gasteiger partial charge in [-0.2, -0.15) is 5.10 Å². The van der Waals surface area contributed by atoms with Gasteiger partial charge in [0.05, 0.1) is 24.6 Å². The van der Waals surface area contributed by atoms with E-state index >= 15 is 0 Å². The second-order valence-electron chi connectivity index (χ2n) is 8.45. The van der Waals surface area contributed by atoms with Crippen molar-refractivity contribution in [1.82, 2.24) is 14.6 Å². The topological polar surface area (TPSA) is 147 Å². The second kappa shape index (κ2) is 9.00. The van der Waals surface area contributed by atoms with E-state index < -0.39 is 33.3 Å². The molecule has 3 aromatic rings. The summed E-state index contributed by atoms with van der Waals surface area (Å²) in [7, 11) is -9.12. The summed E-state index contributed by atoms with van der Waals surface area (Å²) in [4.78, 5) is 34.3. The summed E-state index contributed by atoms with van der Waals surface area (Å²) in [5, 5.41) is 4.74. The van der Waals surface area contributed by atoms with Crippen molar-refractivity contribution >= 4 is 38.0 Å². The van der Waals surface area contributed by atoms with E-state index in [1.54, 1.807) is 10.7 Å². The molecule has 1 unspecified atom stereocenters. The van der Waals surface area contributed by atoms with Crippen LogP contribution >= 0.6 is 26.8 Å². The van der Waals surface area contributed by atoms with Crippen LogP contribution in [-0.4, -0.2) is 47.9 Å². The Hall–Kier alpha value is -1.81. The minimum Gasteiger partial charge on any atom is -0.365 e. The highest BCUT2D eigenvalue weighted by molar-refractivity contribution is 7.70. The zero-order valence-electron chi connectivity index (χ0n) is 17.9. The number of hydrogen-bond donors (Lipinski definition) is 3. The lowest BCUT2D eigenvalue weighted by Crippen LogP contribution is -2.17. The third-order valence-corrected chi connectivity index (χ3v) is 9.52. The Labute approximate surface area is 200 Å². The number of fused-ring (bicyclic) bond motifs is 2. The van der Waals surface area contributed by atoms with Gasteiger partial charge in [-0.1, -0.05) is 35.9 Å². The van der Waals surface area contributed by atoms with Crippen LogP contribution < -0.4 is 4.90 Å². The molecule has 4 heterocycles. The van der Waals surface area contributed by atoms with Crippen LogP contribution in [0.2, 0.25) is 5.15 Å². The minimum atomic E-state index is -4.68. The van der Waals surface area contributed by atoms with E-state index in [1.165, 1.54) is 11.1 Å². The van der Waals surface area contributed by atoms with Crippen molar-refractivity contribution in [2.75, 3.05) is 17.4 Å². The number of ether oxygens (including phenoxy) is 1. The van der Waals surface area contributed by atoms with Crippen molar-refractivity contribution in [2.45, 2.75) is 38.1 Å². The molecule has 3 atom stereocenters. The van der Waals surface area contributed by atoms with Gasteiger partial charge in [-0.3, -0.25) is 9.13 Å². The molecule has 0 spiro atoms. The van der Waals surface area contributed by atoms with Crippen LogP contribution in [0.15, 0.2) is 36.5 Å². The fourth-order valence-electron chi connectivity index (χ4n) is 4.42. The van der Waals surface area contributed by atoms with E-state index in [1.807, 2.05) is 18.2 Å². The predicted octanol–water partition coefficient (Wildman–Crippen LogP) is 3.46. The van der Waals surface area contributed by atoms with Crippen LogP contribution in [0.1, 0.15) is 35.9 Å². The van der Waals surface area contributed by atoms with Crippen molar-refractivity contribution in [2.24, 2.45) is 0 Å². The molecule has 182 valence electrons. The molecule has 11 nitrogen and oxygen atoms in total. The van der Waals surface area contributed by atoms with E-state index in [2.05, 4.69) is 27.1 Å². The van der Waals surface area contributed by atoms with Crippen LogP contribution in [0.5, 0.6) is 0 Å². The number of nitrogens with zero attached hydrogens (tertiary/aromatic N) is 4. The highest BCUT2D eigenvalue weighted by Crippen LogP contribution is 2.55. The fourth-order valence-corrected chi connectivity index (χ4v) is 7.19. The lowest BCUT2D eigenvalue weighted by atomic mass is 10.1. The predicted molar refractivity (Wildman–Crippen MR) is 124 cm³/mol. The summed E-state index contributed by atoms with van der Waals surface area (Å²) in [5.41, 5.74) is 4.22. The standard InChI is InChI=1S/C20H23ClN4O7P2/c21-19-7-16(24-9-13-3-1-2-4-14(13)10-24)17-8-22-20(25(17)23-19)18-6-5-15(32-18)11-31-34(29,30)12-33(26,27)28/h1-4,7-8,15,18H,5-6,9-12H2,(H,29,30)(H2,26,27,28)/t15-,18+/m0/s1. The number of aromatic nitrogens is 3. The monoisotopic (exact) mass is 528 g/mol. The normalized spacial score (nSPS) is 22.3. The molecular weight excluding hydrogens is 506 g/mol. The van der Waals surface area contributed by atoms with E-state index in [0.29, 0.717) is 23.8 Å². The molecule has 0 aliphatic carbocycles. The highest BCUT2D eigenvalue weighted by Gasteiger charge is 2.35. The maximum atomic E-state index is 11.9. The first-order chi connectivity index (χ1) is 16.1. The third kappa shape index (κ3) is 5.08. The molecule has 0 radical (unpaired) electrons. The molecule has 0 bridgehead atoms. The number of hydrogen-bond acceptors (Lipinski definition) is 7. The Balaban J connectivity index is 1.32. The Morgan fingerprint density at radius 1 is 1.15 bits per heavy atom. The number of rotatable bonds is 7. The molecule has 34 heavy (non-hydrogen) atoms. The van der Waals surface area contributed by atoms with Crippen LogP contribution in [0.3, 0.4) is 0 Å². The second-order valence-corrected chi connectivity index (χ2v) is 12.8.